The molecule has 0 heterocycles. The number of hydrogen-bond donors (Lipinski definition) is 0. The highest BCUT2D eigenvalue weighted by molar-refractivity contribution is 7.23. The van der Waals surface area contributed by atoms with Crippen LogP contribution in [0, 0.1) is 140 Å². The van der Waals surface area contributed by atoms with Crippen molar-refractivity contribution in [1.29, 1.82) is 0 Å². The predicted molar refractivity (Wildman–Crippen MR) is 217 cm³/mol. The van der Waals surface area contributed by atoms with Crippen molar-refractivity contribution in [2.45, 2.75) is 53.4 Å². The van der Waals surface area contributed by atoms with Gasteiger partial charge in [-0.3, -0.25) is 0 Å². The Bertz CT molecular complexity index is 3310. The van der Waals surface area contributed by atoms with E-state index in [2.05, 4.69) is 0 Å². The molecule has 0 aliphatic rings. The zero-order valence-electron chi connectivity index (χ0n) is 36.5. The molecule has 25 heteroatoms. The first-order valence-corrected chi connectivity index (χ1v) is 23.2. The fourth-order valence-electron chi connectivity index (χ4n) is 10.4. The second-order valence-corrected chi connectivity index (χ2v) is 20.4. The number of benzene rings is 8. The molecular weight excluding hydrogens is 1060 g/mol. The summed E-state index contributed by atoms with van der Waals surface area (Å²) >= 11 is -9.34. The van der Waals surface area contributed by atoms with Gasteiger partial charge in [-0.15, -0.1) is 0 Å². The van der Waals surface area contributed by atoms with Crippen LogP contribution < -0.4 is 17.7 Å². The molecule has 0 aliphatic heterocycles. The number of hydrogen-bond acceptors (Lipinski definition) is 0. The number of halogens is 24. The highest BCUT2D eigenvalue weighted by Gasteiger charge is 2.54. The highest BCUT2D eigenvalue weighted by Crippen LogP contribution is 2.43. The van der Waals surface area contributed by atoms with Gasteiger partial charge in [0.15, 0.2) is 116 Å². The fourth-order valence-corrected chi connectivity index (χ4v) is 17.2. The summed E-state index contributed by atoms with van der Waals surface area (Å²) in [6, 6.07) is 0. The molecule has 0 N–H and O–H groups in total. The van der Waals surface area contributed by atoms with E-state index in [1.165, 1.54) is 0 Å². The summed E-state index contributed by atoms with van der Waals surface area (Å²) in [4.78, 5) is 0. The SMILES string of the molecule is CCc1c(F)c(F)c(F)c2c(F)c(F)c(F)[c]([Al-]([c]3c(F)c(F)c(F)c4c(F)c(F)c(F)c(CC)c34)([c]3c(F)c(F)c(F)c4c(F)c(F)c(F)c(CC)c34)[c]3c(F)c(F)c(F)c4c(F)c(F)c(F)c(CC)c34)c12. The molecule has 0 atom stereocenters. The van der Waals surface area contributed by atoms with E-state index in [0.717, 1.165) is 0 Å². The average Bonchev–Trinajstić information content (AvgIpc) is 3.35. The van der Waals surface area contributed by atoms with Crippen LogP contribution in [0.4, 0.5) is 105 Å². The highest BCUT2D eigenvalue weighted by atomic mass is 27.2. The molecule has 8 aromatic carbocycles. The van der Waals surface area contributed by atoms with Crippen molar-refractivity contribution in [3.05, 3.63) is 162 Å². The van der Waals surface area contributed by atoms with Crippen molar-refractivity contribution < 1.29 is 105 Å². The van der Waals surface area contributed by atoms with Crippen molar-refractivity contribution in [3.8, 4) is 0 Å². The van der Waals surface area contributed by atoms with Crippen LogP contribution in [-0.4, -0.2) is 13.1 Å². The van der Waals surface area contributed by atoms with Crippen LogP contribution in [0.1, 0.15) is 49.9 Å². The molecule has 0 nitrogen and oxygen atoms in total. The Morgan fingerprint density at radius 3 is 0.452 bits per heavy atom. The van der Waals surface area contributed by atoms with Gasteiger partial charge >= 0.3 is 0 Å². The number of fused-ring (bicyclic) bond motifs is 4. The Balaban J connectivity index is 2.10. The Morgan fingerprint density at radius 2 is 0.315 bits per heavy atom. The third-order valence-electron chi connectivity index (χ3n) is 13.3. The molecule has 0 aliphatic carbocycles. The van der Waals surface area contributed by atoms with E-state index < -0.39 is 261 Å². The monoisotopic (exact) mass is 1080 g/mol. The lowest BCUT2D eigenvalue weighted by molar-refractivity contribution is 0.433. The van der Waals surface area contributed by atoms with Crippen molar-refractivity contribution in [3.63, 3.8) is 0 Å². The molecule has 0 radical (unpaired) electrons. The first-order chi connectivity index (χ1) is 34.1. The first kappa shape index (κ1) is 53.0. The average molecular weight is 1080 g/mol. The molecule has 0 unspecified atom stereocenters. The van der Waals surface area contributed by atoms with E-state index >= 15 is 105 Å². The van der Waals surface area contributed by atoms with Gasteiger partial charge in [0.25, 0.3) is 13.1 Å². The lowest BCUT2D eigenvalue weighted by atomic mass is 9.98. The molecule has 73 heavy (non-hydrogen) atoms. The predicted octanol–water partition coefficient (Wildman–Crippen LogP) is 13.3. The standard InChI is InChI=1S/4C12H5F6.Al/c4*1-2-4-5-3-6(13)9(15)10(16)7(5)11(17)12(18)8(4)14;/h4*2H2,1H3;/q;;;;-1. The Hall–Kier alpha value is -6.35. The first-order valence-electron chi connectivity index (χ1n) is 20.9. The van der Waals surface area contributed by atoms with Crippen LogP contribution in [0.15, 0.2) is 0 Å². The minimum absolute atomic E-state index is 0.618. The van der Waals surface area contributed by atoms with E-state index in [0.29, 0.717) is 27.7 Å². The topological polar surface area (TPSA) is 0 Å². The molecular formula is C48H20AlF24-. The number of aryl methyl sites for hydroxylation is 4. The van der Waals surface area contributed by atoms with E-state index in [9.17, 15) is 0 Å². The minimum atomic E-state index is -9.34. The van der Waals surface area contributed by atoms with Crippen LogP contribution >= 0.6 is 0 Å². The molecule has 0 fully saturated rings. The second kappa shape index (κ2) is 17.9. The molecule has 0 saturated heterocycles. The van der Waals surface area contributed by atoms with E-state index in [-0.39, 0.29) is 0 Å². The van der Waals surface area contributed by atoms with Gasteiger partial charge in [0.05, 0.1) is 21.5 Å². The summed E-state index contributed by atoms with van der Waals surface area (Å²) in [5, 5.41) is -19.6. The lowest BCUT2D eigenvalue weighted by Gasteiger charge is -2.45. The molecule has 0 spiro atoms. The third kappa shape index (κ3) is 6.54. The largest absolute Gasteiger partial charge is 0.286 e. The Labute approximate surface area is 393 Å². The van der Waals surface area contributed by atoms with Gasteiger partial charge in [-0.25, -0.2) is 105 Å². The summed E-state index contributed by atoms with van der Waals surface area (Å²) in [7, 11) is 0. The lowest BCUT2D eigenvalue weighted by Crippen LogP contribution is -2.79. The molecule has 0 saturated carbocycles. The van der Waals surface area contributed by atoms with Gasteiger partial charge in [-0.2, -0.15) is 17.7 Å². The molecule has 0 bridgehead atoms. The zero-order chi connectivity index (χ0) is 54.4. The van der Waals surface area contributed by atoms with Gasteiger partial charge in [0.2, 0.25) is 0 Å². The molecule has 0 amide bonds. The summed E-state index contributed by atoms with van der Waals surface area (Å²) in [6.45, 7) is 2.47. The van der Waals surface area contributed by atoms with Crippen molar-refractivity contribution in [2.75, 3.05) is 0 Å². The van der Waals surface area contributed by atoms with Crippen LogP contribution in [0.5, 0.6) is 0 Å². The van der Waals surface area contributed by atoms with E-state index in [4.69, 9.17) is 0 Å². The fraction of sp³-hybridized carbons (Fsp3) is 0.167. The molecule has 8 rings (SSSR count). The van der Waals surface area contributed by atoms with Gasteiger partial charge in [-0.1, -0.05) is 27.7 Å². The quantitative estimate of drug-likeness (QED) is 0.0808. The normalized spacial score (nSPS) is 12.3. The van der Waals surface area contributed by atoms with Crippen LogP contribution in [0.25, 0.3) is 43.1 Å². The van der Waals surface area contributed by atoms with Crippen molar-refractivity contribution in [2.24, 2.45) is 0 Å². The van der Waals surface area contributed by atoms with Gasteiger partial charge in [0.1, 0.15) is 23.3 Å². The van der Waals surface area contributed by atoms with E-state index in [1.807, 2.05) is 0 Å². The summed E-state index contributed by atoms with van der Waals surface area (Å²) < 4.78 is 387. The smallest absolute Gasteiger partial charge is 0.208 e. The minimum Gasteiger partial charge on any atom is -0.208 e. The summed E-state index contributed by atoms with van der Waals surface area (Å²) in [6.07, 6.45) is -5.81. The van der Waals surface area contributed by atoms with Gasteiger partial charge < -0.3 is 0 Å². The molecule has 8 aromatic rings. The van der Waals surface area contributed by atoms with Gasteiger partial charge in [-0.05, 0) is 69.5 Å². The van der Waals surface area contributed by atoms with Gasteiger partial charge in [0, 0.05) is 0 Å². The maximum atomic E-state index is 18.2. The van der Waals surface area contributed by atoms with Crippen LogP contribution in [-0.2, 0) is 25.7 Å². The summed E-state index contributed by atoms with van der Waals surface area (Å²) in [5.74, 6) is -74.2. The van der Waals surface area contributed by atoms with Crippen LogP contribution in [0.3, 0.4) is 0 Å². The zero-order valence-corrected chi connectivity index (χ0v) is 37.6. The maximum absolute atomic E-state index is 18.2. The Morgan fingerprint density at radius 1 is 0.178 bits per heavy atom. The maximum Gasteiger partial charge on any atom is 0.286 e. The van der Waals surface area contributed by atoms with Crippen molar-refractivity contribution >= 4 is 73.9 Å². The van der Waals surface area contributed by atoms with E-state index in [1.54, 1.807) is 0 Å². The second-order valence-electron chi connectivity index (χ2n) is 16.4. The number of rotatable bonds is 8. The Kier molecular flexibility index (Phi) is 13.0. The van der Waals surface area contributed by atoms with Crippen LogP contribution in [0.2, 0.25) is 0 Å². The summed E-state index contributed by atoms with van der Waals surface area (Å²) in [5.41, 5.74) is -7.52. The molecule has 384 valence electrons. The molecule has 0 aromatic heterocycles. The van der Waals surface area contributed by atoms with Crippen molar-refractivity contribution in [1.82, 2.24) is 0 Å². The third-order valence-corrected chi connectivity index (χ3v) is 18.9.